The number of benzene rings is 1. The van der Waals surface area contributed by atoms with Crippen molar-refractivity contribution in [2.24, 2.45) is 0 Å². The van der Waals surface area contributed by atoms with E-state index in [0.29, 0.717) is 5.69 Å². The molecular formula is C12H12ClFN2. The van der Waals surface area contributed by atoms with Crippen LogP contribution in [0, 0.1) is 19.7 Å². The highest BCUT2D eigenvalue weighted by atomic mass is 35.5. The van der Waals surface area contributed by atoms with E-state index >= 15 is 0 Å². The highest BCUT2D eigenvalue weighted by Crippen LogP contribution is 2.21. The molecule has 0 amide bonds. The van der Waals surface area contributed by atoms with Crippen molar-refractivity contribution >= 4 is 11.6 Å². The number of para-hydroxylation sites is 1. The van der Waals surface area contributed by atoms with E-state index in [4.69, 9.17) is 11.6 Å². The van der Waals surface area contributed by atoms with Gasteiger partial charge in [0.15, 0.2) is 0 Å². The van der Waals surface area contributed by atoms with Crippen LogP contribution in [-0.2, 0) is 5.88 Å². The van der Waals surface area contributed by atoms with Gasteiger partial charge in [-0.05, 0) is 31.5 Å². The van der Waals surface area contributed by atoms with E-state index in [1.165, 1.54) is 6.07 Å². The first-order chi connectivity index (χ1) is 7.63. The van der Waals surface area contributed by atoms with Crippen LogP contribution in [0.25, 0.3) is 5.69 Å². The van der Waals surface area contributed by atoms with Gasteiger partial charge in [-0.2, -0.15) is 5.10 Å². The lowest BCUT2D eigenvalue weighted by Crippen LogP contribution is -2.05. The largest absolute Gasteiger partial charge is 0.235 e. The molecule has 0 saturated carbocycles. The fourth-order valence-electron chi connectivity index (χ4n) is 1.76. The first kappa shape index (κ1) is 11.1. The first-order valence-corrected chi connectivity index (χ1v) is 5.54. The number of aryl methyl sites for hydroxylation is 2. The van der Waals surface area contributed by atoms with E-state index in [2.05, 4.69) is 5.10 Å². The van der Waals surface area contributed by atoms with Crippen molar-refractivity contribution in [1.82, 2.24) is 9.78 Å². The number of hydrogen-bond acceptors (Lipinski definition) is 1. The Morgan fingerprint density at radius 3 is 2.69 bits per heavy atom. The zero-order valence-corrected chi connectivity index (χ0v) is 9.92. The average molecular weight is 239 g/mol. The van der Waals surface area contributed by atoms with Crippen molar-refractivity contribution in [2.45, 2.75) is 19.7 Å². The minimum Gasteiger partial charge on any atom is -0.235 e. The summed E-state index contributed by atoms with van der Waals surface area (Å²) in [5, 5.41) is 4.27. The zero-order valence-electron chi connectivity index (χ0n) is 9.17. The van der Waals surface area contributed by atoms with Crippen LogP contribution in [0.15, 0.2) is 24.3 Å². The summed E-state index contributed by atoms with van der Waals surface area (Å²) in [6.45, 7) is 3.77. The quantitative estimate of drug-likeness (QED) is 0.734. The van der Waals surface area contributed by atoms with Crippen LogP contribution in [0.1, 0.15) is 17.0 Å². The van der Waals surface area contributed by atoms with E-state index in [1.54, 1.807) is 10.7 Å². The highest BCUT2D eigenvalue weighted by molar-refractivity contribution is 6.17. The maximum absolute atomic E-state index is 13.8. The van der Waals surface area contributed by atoms with Gasteiger partial charge in [-0.1, -0.05) is 12.1 Å². The van der Waals surface area contributed by atoms with E-state index in [9.17, 15) is 4.39 Å². The number of aromatic nitrogens is 2. The van der Waals surface area contributed by atoms with Gasteiger partial charge in [-0.15, -0.1) is 11.6 Å². The molecule has 0 fully saturated rings. The fourth-order valence-corrected chi connectivity index (χ4v) is 1.98. The van der Waals surface area contributed by atoms with E-state index in [-0.39, 0.29) is 11.7 Å². The molecule has 0 saturated heterocycles. The minimum atomic E-state index is -0.302. The molecule has 1 aromatic heterocycles. The van der Waals surface area contributed by atoms with Crippen LogP contribution in [0.5, 0.6) is 0 Å². The molecule has 0 unspecified atom stereocenters. The molecule has 1 aromatic carbocycles. The SMILES string of the molecule is Cc1cc(C)n(-c2c(F)cccc2CCl)n1. The third kappa shape index (κ3) is 1.83. The third-order valence-corrected chi connectivity index (χ3v) is 2.72. The summed E-state index contributed by atoms with van der Waals surface area (Å²) in [5.74, 6) is -0.0322. The maximum Gasteiger partial charge on any atom is 0.149 e. The molecule has 0 radical (unpaired) electrons. The Morgan fingerprint density at radius 1 is 1.38 bits per heavy atom. The number of nitrogens with zero attached hydrogens (tertiary/aromatic N) is 2. The predicted octanol–water partition coefficient (Wildman–Crippen LogP) is 3.37. The van der Waals surface area contributed by atoms with Crippen molar-refractivity contribution in [2.75, 3.05) is 0 Å². The Balaban J connectivity index is 2.67. The molecule has 0 aliphatic heterocycles. The topological polar surface area (TPSA) is 17.8 Å². The third-order valence-electron chi connectivity index (χ3n) is 2.44. The second kappa shape index (κ2) is 4.26. The summed E-state index contributed by atoms with van der Waals surface area (Å²) in [7, 11) is 0. The molecule has 16 heavy (non-hydrogen) atoms. The summed E-state index contributed by atoms with van der Waals surface area (Å²) in [6, 6.07) is 6.79. The van der Waals surface area contributed by atoms with Gasteiger partial charge < -0.3 is 0 Å². The van der Waals surface area contributed by atoms with Crippen LogP contribution in [0.3, 0.4) is 0 Å². The lowest BCUT2D eigenvalue weighted by molar-refractivity contribution is 0.605. The van der Waals surface area contributed by atoms with Gasteiger partial charge in [0.1, 0.15) is 11.5 Å². The monoisotopic (exact) mass is 238 g/mol. The molecule has 84 valence electrons. The average Bonchev–Trinajstić information content (AvgIpc) is 2.57. The summed E-state index contributed by atoms with van der Waals surface area (Å²) < 4.78 is 15.4. The molecule has 2 nitrogen and oxygen atoms in total. The van der Waals surface area contributed by atoms with Crippen molar-refractivity contribution in [3.05, 3.63) is 47.0 Å². The van der Waals surface area contributed by atoms with Crippen LogP contribution >= 0.6 is 11.6 Å². The predicted molar refractivity (Wildman–Crippen MR) is 62.6 cm³/mol. The maximum atomic E-state index is 13.8. The minimum absolute atomic E-state index is 0.269. The molecule has 0 atom stereocenters. The van der Waals surface area contributed by atoms with Crippen LogP contribution in [0.4, 0.5) is 4.39 Å². The van der Waals surface area contributed by atoms with Crippen LogP contribution in [0.2, 0.25) is 0 Å². The molecule has 4 heteroatoms. The Hall–Kier alpha value is -1.35. The summed E-state index contributed by atoms with van der Waals surface area (Å²) in [5.41, 5.74) is 2.95. The van der Waals surface area contributed by atoms with Crippen LogP contribution in [-0.4, -0.2) is 9.78 Å². The Morgan fingerprint density at radius 2 is 2.12 bits per heavy atom. The smallest absolute Gasteiger partial charge is 0.149 e. The molecule has 1 heterocycles. The van der Waals surface area contributed by atoms with E-state index in [1.807, 2.05) is 26.0 Å². The van der Waals surface area contributed by atoms with E-state index in [0.717, 1.165) is 17.0 Å². The lowest BCUT2D eigenvalue weighted by Gasteiger charge is -2.10. The molecule has 0 aliphatic carbocycles. The number of alkyl halides is 1. The molecular weight excluding hydrogens is 227 g/mol. The van der Waals surface area contributed by atoms with Gasteiger partial charge in [0.05, 0.1) is 5.69 Å². The summed E-state index contributed by atoms with van der Waals surface area (Å²) in [4.78, 5) is 0. The Labute approximate surface area is 98.7 Å². The molecule has 2 rings (SSSR count). The van der Waals surface area contributed by atoms with Gasteiger partial charge in [-0.25, -0.2) is 9.07 Å². The fraction of sp³-hybridized carbons (Fsp3) is 0.250. The van der Waals surface area contributed by atoms with Gasteiger partial charge in [0, 0.05) is 11.6 Å². The first-order valence-electron chi connectivity index (χ1n) is 5.00. The van der Waals surface area contributed by atoms with Crippen molar-refractivity contribution in [1.29, 1.82) is 0 Å². The Kier molecular flexibility index (Phi) is 2.97. The number of halogens is 2. The molecule has 0 spiro atoms. The summed E-state index contributed by atoms with van der Waals surface area (Å²) >= 11 is 5.81. The zero-order chi connectivity index (χ0) is 11.7. The second-order valence-electron chi connectivity index (χ2n) is 3.72. The molecule has 0 N–H and O–H groups in total. The van der Waals surface area contributed by atoms with Crippen molar-refractivity contribution in [3.63, 3.8) is 0 Å². The number of rotatable bonds is 2. The van der Waals surface area contributed by atoms with Gasteiger partial charge in [0.25, 0.3) is 0 Å². The lowest BCUT2D eigenvalue weighted by atomic mass is 10.2. The summed E-state index contributed by atoms with van der Waals surface area (Å²) in [6.07, 6.45) is 0. The normalized spacial score (nSPS) is 10.8. The highest BCUT2D eigenvalue weighted by Gasteiger charge is 2.12. The van der Waals surface area contributed by atoms with Gasteiger partial charge >= 0.3 is 0 Å². The van der Waals surface area contributed by atoms with Crippen LogP contribution < -0.4 is 0 Å². The number of hydrogen-bond donors (Lipinski definition) is 0. The molecule has 0 bridgehead atoms. The van der Waals surface area contributed by atoms with Crippen molar-refractivity contribution in [3.8, 4) is 5.69 Å². The van der Waals surface area contributed by atoms with Gasteiger partial charge in [-0.3, -0.25) is 0 Å². The standard InChI is InChI=1S/C12H12ClFN2/c1-8-6-9(2)16(15-8)12-10(7-13)4-3-5-11(12)14/h3-6H,7H2,1-2H3. The molecule has 0 aliphatic rings. The molecule has 2 aromatic rings. The van der Waals surface area contributed by atoms with E-state index < -0.39 is 0 Å². The van der Waals surface area contributed by atoms with Gasteiger partial charge in [0.2, 0.25) is 0 Å². The second-order valence-corrected chi connectivity index (χ2v) is 3.99. The Bertz CT molecular complexity index is 520. The van der Waals surface area contributed by atoms with Crippen molar-refractivity contribution < 1.29 is 4.39 Å².